The van der Waals surface area contributed by atoms with Crippen molar-refractivity contribution in [2.75, 3.05) is 0 Å². The highest BCUT2D eigenvalue weighted by atomic mass is 16.1. The van der Waals surface area contributed by atoms with Gasteiger partial charge >= 0.3 is 0 Å². The summed E-state index contributed by atoms with van der Waals surface area (Å²) in [4.78, 5) is 18.6. The summed E-state index contributed by atoms with van der Waals surface area (Å²) in [7, 11) is 0. The van der Waals surface area contributed by atoms with Gasteiger partial charge in [-0.1, -0.05) is 34.1 Å². The third kappa shape index (κ3) is 4.28. The lowest BCUT2D eigenvalue weighted by molar-refractivity contribution is 0.0970. The number of imidazole rings is 1. The number of H-pyrrole nitrogens is 1. The van der Waals surface area contributed by atoms with Crippen molar-refractivity contribution in [3.8, 4) is 0 Å². The molecule has 101 valence electrons. The van der Waals surface area contributed by atoms with Crippen LogP contribution in [0.3, 0.4) is 0 Å². The van der Waals surface area contributed by atoms with Gasteiger partial charge in [0.15, 0.2) is 11.6 Å². The second kappa shape index (κ2) is 7.34. The molecule has 18 heavy (non-hydrogen) atoms. The van der Waals surface area contributed by atoms with Gasteiger partial charge in [-0.15, -0.1) is 0 Å². The first-order valence-electron chi connectivity index (χ1n) is 6.94. The molecule has 0 amide bonds. The van der Waals surface area contributed by atoms with Gasteiger partial charge in [0.2, 0.25) is 0 Å². The average molecular weight is 249 g/mol. The van der Waals surface area contributed by atoms with E-state index in [0.29, 0.717) is 24.1 Å². The Labute approximate surface area is 110 Å². The molecule has 0 aromatic carbocycles. The van der Waals surface area contributed by atoms with Gasteiger partial charge < -0.3 is 4.98 Å². The first kappa shape index (κ1) is 14.9. The van der Waals surface area contributed by atoms with Crippen LogP contribution in [0.25, 0.3) is 0 Å². The number of Topliss-reactive ketones (excluding diaryl/α,β-unsaturated/α-hetero) is 1. The van der Waals surface area contributed by atoms with Crippen LogP contribution in [0.4, 0.5) is 0 Å². The fourth-order valence-electron chi connectivity index (χ4n) is 2.36. The standard InChI is InChI=1S/C15H25N2O/c1-5-12(4)13(11(2)3)7-6-8-14(18)15-16-9-10-17-15/h9-12H,5-8H2,1-4H3,(H,16,17). The van der Waals surface area contributed by atoms with E-state index in [2.05, 4.69) is 37.7 Å². The van der Waals surface area contributed by atoms with E-state index in [4.69, 9.17) is 0 Å². The number of hydrogen-bond acceptors (Lipinski definition) is 2. The molecule has 0 aliphatic carbocycles. The summed E-state index contributed by atoms with van der Waals surface area (Å²) in [6, 6.07) is 0. The number of carbonyl (C=O) groups is 1. The number of carbonyl (C=O) groups excluding carboxylic acids is 1. The highest BCUT2D eigenvalue weighted by molar-refractivity contribution is 5.92. The maximum absolute atomic E-state index is 11.8. The Morgan fingerprint density at radius 1 is 1.33 bits per heavy atom. The molecule has 1 radical (unpaired) electrons. The lowest BCUT2D eigenvalue weighted by Crippen LogP contribution is -2.15. The SMILES string of the molecule is CCC(C)[C](CCCC(=O)c1ncc[nH]1)C(C)C. The molecule has 0 fully saturated rings. The molecule has 1 unspecified atom stereocenters. The molecular weight excluding hydrogens is 224 g/mol. The van der Waals surface area contributed by atoms with Gasteiger partial charge in [-0.25, -0.2) is 4.98 Å². The van der Waals surface area contributed by atoms with Crippen LogP contribution in [0, 0.1) is 17.8 Å². The molecule has 0 spiro atoms. The number of nitrogens with one attached hydrogen (secondary N) is 1. The monoisotopic (exact) mass is 249 g/mol. The quantitative estimate of drug-likeness (QED) is 0.707. The van der Waals surface area contributed by atoms with Crippen molar-refractivity contribution in [2.24, 2.45) is 11.8 Å². The summed E-state index contributed by atoms with van der Waals surface area (Å²) in [5.41, 5.74) is 0. The predicted octanol–water partition coefficient (Wildman–Crippen LogP) is 4.04. The number of aromatic amines is 1. The van der Waals surface area contributed by atoms with Crippen molar-refractivity contribution in [3.63, 3.8) is 0 Å². The maximum atomic E-state index is 11.8. The molecule has 1 atom stereocenters. The fraction of sp³-hybridized carbons (Fsp3) is 0.667. The Hall–Kier alpha value is -1.12. The van der Waals surface area contributed by atoms with E-state index < -0.39 is 0 Å². The molecule has 0 bridgehead atoms. The van der Waals surface area contributed by atoms with Crippen LogP contribution in [0.15, 0.2) is 12.4 Å². The van der Waals surface area contributed by atoms with Crippen LogP contribution >= 0.6 is 0 Å². The molecule has 0 aliphatic heterocycles. The number of nitrogens with zero attached hydrogens (tertiary/aromatic N) is 1. The van der Waals surface area contributed by atoms with E-state index in [0.717, 1.165) is 12.8 Å². The molecule has 1 heterocycles. The summed E-state index contributed by atoms with van der Waals surface area (Å²) < 4.78 is 0. The van der Waals surface area contributed by atoms with Crippen molar-refractivity contribution in [1.29, 1.82) is 0 Å². The lowest BCUT2D eigenvalue weighted by Gasteiger charge is -2.26. The second-order valence-electron chi connectivity index (χ2n) is 5.25. The van der Waals surface area contributed by atoms with Gasteiger partial charge in [0.25, 0.3) is 0 Å². The zero-order chi connectivity index (χ0) is 13.5. The van der Waals surface area contributed by atoms with E-state index in [1.807, 2.05) is 0 Å². The Kier molecular flexibility index (Phi) is 6.10. The molecule has 0 saturated heterocycles. The molecule has 1 aromatic heterocycles. The average Bonchev–Trinajstić information content (AvgIpc) is 2.86. The Bertz CT molecular complexity index is 343. The molecular formula is C15H25N2O. The van der Waals surface area contributed by atoms with Crippen LogP contribution in [0.1, 0.15) is 64.0 Å². The highest BCUT2D eigenvalue weighted by Crippen LogP contribution is 2.30. The van der Waals surface area contributed by atoms with Gasteiger partial charge in [-0.3, -0.25) is 4.79 Å². The molecule has 0 aliphatic rings. The van der Waals surface area contributed by atoms with Crippen LogP contribution in [0.5, 0.6) is 0 Å². The van der Waals surface area contributed by atoms with Crippen LogP contribution in [-0.2, 0) is 0 Å². The van der Waals surface area contributed by atoms with Gasteiger partial charge in [0, 0.05) is 18.8 Å². The van der Waals surface area contributed by atoms with Crippen molar-refractivity contribution >= 4 is 5.78 Å². The van der Waals surface area contributed by atoms with Gasteiger partial charge in [0.1, 0.15) is 0 Å². The molecule has 1 N–H and O–H groups in total. The summed E-state index contributed by atoms with van der Waals surface area (Å²) in [6.45, 7) is 9.00. The fourth-order valence-corrected chi connectivity index (χ4v) is 2.36. The molecule has 0 saturated carbocycles. The van der Waals surface area contributed by atoms with Crippen molar-refractivity contribution in [3.05, 3.63) is 24.1 Å². The number of aromatic nitrogens is 2. The normalized spacial score (nSPS) is 13.2. The van der Waals surface area contributed by atoms with Crippen LogP contribution in [-0.4, -0.2) is 15.8 Å². The Morgan fingerprint density at radius 2 is 2.06 bits per heavy atom. The van der Waals surface area contributed by atoms with E-state index in [9.17, 15) is 4.79 Å². The lowest BCUT2D eigenvalue weighted by atomic mass is 9.79. The van der Waals surface area contributed by atoms with Crippen LogP contribution in [0.2, 0.25) is 0 Å². The number of hydrogen-bond donors (Lipinski definition) is 1. The summed E-state index contributed by atoms with van der Waals surface area (Å²) in [6.07, 6.45) is 7.06. The first-order chi connectivity index (χ1) is 8.56. The minimum absolute atomic E-state index is 0.118. The molecule has 3 heteroatoms. The van der Waals surface area contributed by atoms with E-state index >= 15 is 0 Å². The van der Waals surface area contributed by atoms with Crippen molar-refractivity contribution in [2.45, 2.75) is 53.4 Å². The Morgan fingerprint density at radius 3 is 2.56 bits per heavy atom. The minimum Gasteiger partial charge on any atom is -0.342 e. The first-order valence-corrected chi connectivity index (χ1v) is 6.94. The highest BCUT2D eigenvalue weighted by Gasteiger charge is 2.20. The van der Waals surface area contributed by atoms with Gasteiger partial charge in [0.05, 0.1) is 0 Å². The summed E-state index contributed by atoms with van der Waals surface area (Å²) in [5.74, 6) is 3.46. The zero-order valence-corrected chi connectivity index (χ0v) is 12.0. The van der Waals surface area contributed by atoms with Gasteiger partial charge in [-0.2, -0.15) is 0 Å². The number of ketones is 1. The maximum Gasteiger partial charge on any atom is 0.198 e. The number of rotatable bonds is 8. The minimum atomic E-state index is 0.118. The molecule has 1 rings (SSSR count). The molecule has 3 nitrogen and oxygen atoms in total. The second-order valence-corrected chi connectivity index (χ2v) is 5.25. The van der Waals surface area contributed by atoms with Crippen LogP contribution < -0.4 is 0 Å². The third-order valence-electron chi connectivity index (χ3n) is 3.62. The van der Waals surface area contributed by atoms with E-state index in [1.54, 1.807) is 18.3 Å². The smallest absolute Gasteiger partial charge is 0.198 e. The summed E-state index contributed by atoms with van der Waals surface area (Å²) >= 11 is 0. The molecule has 1 aromatic rings. The summed E-state index contributed by atoms with van der Waals surface area (Å²) in [5, 5.41) is 0. The zero-order valence-electron chi connectivity index (χ0n) is 12.0. The van der Waals surface area contributed by atoms with E-state index in [1.165, 1.54) is 6.42 Å². The third-order valence-corrected chi connectivity index (χ3v) is 3.62. The van der Waals surface area contributed by atoms with Crippen molar-refractivity contribution < 1.29 is 4.79 Å². The van der Waals surface area contributed by atoms with Gasteiger partial charge in [-0.05, 0) is 30.6 Å². The topological polar surface area (TPSA) is 45.8 Å². The van der Waals surface area contributed by atoms with Crippen molar-refractivity contribution in [1.82, 2.24) is 9.97 Å². The largest absolute Gasteiger partial charge is 0.342 e. The predicted molar refractivity (Wildman–Crippen MR) is 74.3 cm³/mol. The Balaban J connectivity index is 2.37. The van der Waals surface area contributed by atoms with E-state index in [-0.39, 0.29) is 5.78 Å².